The third kappa shape index (κ3) is 3.76. The van der Waals surface area contributed by atoms with E-state index in [1.54, 1.807) is 0 Å². The normalized spacial score (nSPS) is 24.0. The lowest BCUT2D eigenvalue weighted by molar-refractivity contribution is 0.0781. The van der Waals surface area contributed by atoms with Crippen LogP contribution in [0.25, 0.3) is 0 Å². The molecule has 1 unspecified atom stereocenters. The lowest BCUT2D eigenvalue weighted by Crippen LogP contribution is -2.43. The van der Waals surface area contributed by atoms with Crippen molar-refractivity contribution in [2.75, 3.05) is 25.6 Å². The first-order valence-corrected chi connectivity index (χ1v) is 8.36. The van der Waals surface area contributed by atoms with Crippen molar-refractivity contribution in [3.63, 3.8) is 0 Å². The number of nitrogens with zero attached hydrogens (tertiary/aromatic N) is 1. The van der Waals surface area contributed by atoms with Gasteiger partial charge in [-0.25, -0.2) is 8.42 Å². The van der Waals surface area contributed by atoms with Crippen LogP contribution in [0.15, 0.2) is 28.7 Å². The van der Waals surface area contributed by atoms with E-state index < -0.39 is 16.1 Å². The maximum Gasteiger partial charge on any atom is 0.217 e. The van der Waals surface area contributed by atoms with Crippen molar-refractivity contribution in [2.24, 2.45) is 0 Å². The summed E-state index contributed by atoms with van der Waals surface area (Å²) >= 11 is 3.36. The van der Waals surface area contributed by atoms with Gasteiger partial charge in [-0.2, -0.15) is 4.31 Å². The van der Waals surface area contributed by atoms with Crippen LogP contribution in [0.5, 0.6) is 0 Å². The summed E-state index contributed by atoms with van der Waals surface area (Å²) in [6.07, 6.45) is 0. The molecule has 1 aliphatic heterocycles. The maximum absolute atomic E-state index is 12.2. The highest BCUT2D eigenvalue weighted by Crippen LogP contribution is 2.19. The summed E-state index contributed by atoms with van der Waals surface area (Å²) in [5, 5.41) is 9.36. The third-order valence-corrected chi connectivity index (χ3v) is 5.32. The van der Waals surface area contributed by atoms with Crippen LogP contribution in [0.3, 0.4) is 0 Å². The highest BCUT2D eigenvalue weighted by Gasteiger charge is 2.32. The minimum absolute atomic E-state index is 0.0441. The molecule has 2 rings (SSSR count). The van der Waals surface area contributed by atoms with Crippen molar-refractivity contribution in [1.82, 2.24) is 4.31 Å². The SMILES string of the molecule is O=S1(=O)CCOCC(CO)N1Cc1cccc(Br)c1. The fraction of sp³-hybridized carbons (Fsp3) is 0.500. The van der Waals surface area contributed by atoms with Gasteiger partial charge < -0.3 is 9.84 Å². The van der Waals surface area contributed by atoms with Crippen LogP contribution in [0.1, 0.15) is 5.56 Å². The molecular formula is C12H16BrNO4S. The molecule has 0 radical (unpaired) electrons. The third-order valence-electron chi connectivity index (χ3n) is 3.00. The van der Waals surface area contributed by atoms with Gasteiger partial charge in [-0.1, -0.05) is 28.1 Å². The fourth-order valence-electron chi connectivity index (χ4n) is 2.00. The molecule has 1 N–H and O–H groups in total. The lowest BCUT2D eigenvalue weighted by atomic mass is 10.2. The van der Waals surface area contributed by atoms with E-state index in [0.29, 0.717) is 0 Å². The van der Waals surface area contributed by atoms with E-state index >= 15 is 0 Å². The van der Waals surface area contributed by atoms with Crippen LogP contribution >= 0.6 is 15.9 Å². The molecule has 1 heterocycles. The predicted octanol–water partition coefficient (Wildman–Crippen LogP) is 0.972. The lowest BCUT2D eigenvalue weighted by Gasteiger charge is -2.26. The van der Waals surface area contributed by atoms with Crippen LogP contribution < -0.4 is 0 Å². The fourth-order valence-corrected chi connectivity index (χ4v) is 3.93. The number of hydrogen-bond acceptors (Lipinski definition) is 4. The van der Waals surface area contributed by atoms with Gasteiger partial charge in [-0.3, -0.25) is 0 Å². The maximum atomic E-state index is 12.2. The average Bonchev–Trinajstić information content (AvgIpc) is 2.50. The van der Waals surface area contributed by atoms with Crippen molar-refractivity contribution >= 4 is 26.0 Å². The molecule has 1 aromatic rings. The molecule has 1 aliphatic rings. The van der Waals surface area contributed by atoms with E-state index in [9.17, 15) is 13.5 Å². The minimum Gasteiger partial charge on any atom is -0.395 e. The summed E-state index contributed by atoms with van der Waals surface area (Å²) in [5.41, 5.74) is 0.873. The Balaban J connectivity index is 2.27. The number of aliphatic hydroxyl groups excluding tert-OH is 1. The molecular weight excluding hydrogens is 334 g/mol. The summed E-state index contributed by atoms with van der Waals surface area (Å²) in [6.45, 7) is 0.404. The molecule has 1 saturated heterocycles. The van der Waals surface area contributed by atoms with Gasteiger partial charge in [-0.05, 0) is 17.7 Å². The highest BCUT2D eigenvalue weighted by atomic mass is 79.9. The van der Waals surface area contributed by atoms with Crippen LogP contribution in [-0.4, -0.2) is 49.4 Å². The molecule has 0 saturated carbocycles. The minimum atomic E-state index is -3.40. The van der Waals surface area contributed by atoms with Gasteiger partial charge >= 0.3 is 0 Å². The number of halogens is 1. The number of rotatable bonds is 3. The number of ether oxygens (including phenoxy) is 1. The van der Waals surface area contributed by atoms with Crippen molar-refractivity contribution in [3.05, 3.63) is 34.3 Å². The van der Waals surface area contributed by atoms with Crippen molar-refractivity contribution in [1.29, 1.82) is 0 Å². The number of hydrogen-bond donors (Lipinski definition) is 1. The Morgan fingerprint density at radius 1 is 1.47 bits per heavy atom. The Bertz CT molecular complexity index is 534. The largest absolute Gasteiger partial charge is 0.395 e. The molecule has 0 aromatic heterocycles. The monoisotopic (exact) mass is 349 g/mol. The van der Waals surface area contributed by atoms with Gasteiger partial charge in [-0.15, -0.1) is 0 Å². The second kappa shape index (κ2) is 6.32. The van der Waals surface area contributed by atoms with Gasteiger partial charge in [0.25, 0.3) is 0 Å². The number of aliphatic hydroxyl groups is 1. The molecule has 0 aliphatic carbocycles. The van der Waals surface area contributed by atoms with Gasteiger partial charge in [0.2, 0.25) is 10.0 Å². The second-order valence-electron chi connectivity index (χ2n) is 4.40. The summed E-state index contributed by atoms with van der Waals surface area (Å²) in [5.74, 6) is -0.0441. The zero-order valence-corrected chi connectivity index (χ0v) is 12.7. The first-order valence-electron chi connectivity index (χ1n) is 5.95. The quantitative estimate of drug-likeness (QED) is 0.882. The Morgan fingerprint density at radius 3 is 2.95 bits per heavy atom. The summed E-state index contributed by atoms with van der Waals surface area (Å²) in [4.78, 5) is 0. The second-order valence-corrected chi connectivity index (χ2v) is 7.36. The van der Waals surface area contributed by atoms with E-state index in [1.807, 2.05) is 24.3 Å². The van der Waals surface area contributed by atoms with Crippen molar-refractivity contribution in [2.45, 2.75) is 12.6 Å². The van der Waals surface area contributed by atoms with Gasteiger partial charge in [0.1, 0.15) is 0 Å². The van der Waals surface area contributed by atoms with Gasteiger partial charge in [0, 0.05) is 11.0 Å². The van der Waals surface area contributed by atoms with Crippen LogP contribution in [0.4, 0.5) is 0 Å². The summed E-state index contributed by atoms with van der Waals surface area (Å²) in [6, 6.07) is 6.95. The Labute approximate surface area is 121 Å². The molecule has 1 atom stereocenters. The molecule has 0 amide bonds. The standard InChI is InChI=1S/C12H16BrNO4S/c13-11-3-1-2-10(6-11)7-14-12(8-15)9-18-4-5-19(14,16)17/h1-3,6,12,15H,4-5,7-9H2. The Kier molecular flexibility index (Phi) is 4.97. The molecule has 0 spiro atoms. The predicted molar refractivity (Wildman–Crippen MR) is 75.2 cm³/mol. The summed E-state index contributed by atoms with van der Waals surface area (Å²) in [7, 11) is -3.40. The number of benzene rings is 1. The first kappa shape index (κ1) is 14.9. The van der Waals surface area contributed by atoms with Crippen LogP contribution in [0, 0.1) is 0 Å². The molecule has 7 heteroatoms. The Morgan fingerprint density at radius 2 is 2.26 bits per heavy atom. The molecule has 106 valence electrons. The highest BCUT2D eigenvalue weighted by molar-refractivity contribution is 9.10. The van der Waals surface area contributed by atoms with Gasteiger partial charge in [0.05, 0.1) is 31.6 Å². The van der Waals surface area contributed by atoms with Crippen molar-refractivity contribution < 1.29 is 18.3 Å². The average molecular weight is 350 g/mol. The topological polar surface area (TPSA) is 66.8 Å². The van der Waals surface area contributed by atoms with E-state index in [-0.39, 0.29) is 32.1 Å². The molecule has 19 heavy (non-hydrogen) atoms. The van der Waals surface area contributed by atoms with E-state index in [1.165, 1.54) is 4.31 Å². The van der Waals surface area contributed by atoms with E-state index in [2.05, 4.69) is 15.9 Å². The zero-order valence-electron chi connectivity index (χ0n) is 10.3. The van der Waals surface area contributed by atoms with Gasteiger partial charge in [0.15, 0.2) is 0 Å². The van der Waals surface area contributed by atoms with E-state index in [0.717, 1.165) is 10.0 Å². The molecule has 5 nitrogen and oxygen atoms in total. The molecule has 0 bridgehead atoms. The smallest absolute Gasteiger partial charge is 0.217 e. The zero-order chi connectivity index (χ0) is 13.9. The molecule has 1 fully saturated rings. The van der Waals surface area contributed by atoms with Crippen LogP contribution in [-0.2, 0) is 21.3 Å². The number of sulfonamides is 1. The summed E-state index contributed by atoms with van der Waals surface area (Å²) < 4.78 is 31.8. The Hall–Kier alpha value is -0.470. The first-order chi connectivity index (χ1) is 9.03. The van der Waals surface area contributed by atoms with Crippen molar-refractivity contribution in [3.8, 4) is 0 Å². The van der Waals surface area contributed by atoms with E-state index in [4.69, 9.17) is 4.74 Å². The molecule has 1 aromatic carbocycles. The van der Waals surface area contributed by atoms with Crippen LogP contribution in [0.2, 0.25) is 0 Å².